The van der Waals surface area contributed by atoms with Gasteiger partial charge in [-0.3, -0.25) is 4.79 Å². The summed E-state index contributed by atoms with van der Waals surface area (Å²) < 4.78 is 0. The van der Waals surface area contributed by atoms with Crippen LogP contribution < -0.4 is 5.32 Å². The highest BCUT2D eigenvalue weighted by molar-refractivity contribution is 6.00. The van der Waals surface area contributed by atoms with E-state index in [1.165, 1.54) is 35.3 Å². The van der Waals surface area contributed by atoms with Gasteiger partial charge in [-0.25, -0.2) is 4.79 Å². The molecule has 4 heteroatoms. The number of carbonyl (C=O) groups excluding carboxylic acids is 1. The van der Waals surface area contributed by atoms with Crippen molar-refractivity contribution in [3.63, 3.8) is 0 Å². The van der Waals surface area contributed by atoms with Gasteiger partial charge in [0.25, 0.3) is 0 Å². The van der Waals surface area contributed by atoms with Gasteiger partial charge >= 0.3 is 5.97 Å². The van der Waals surface area contributed by atoms with E-state index in [-0.39, 0.29) is 11.5 Å². The van der Waals surface area contributed by atoms with Crippen molar-refractivity contribution in [2.45, 2.75) is 32.6 Å². The Hall–Kier alpha value is -3.14. The van der Waals surface area contributed by atoms with E-state index in [0.29, 0.717) is 5.69 Å². The summed E-state index contributed by atoms with van der Waals surface area (Å²) in [7, 11) is 0. The molecule has 2 aromatic carbocycles. The van der Waals surface area contributed by atoms with E-state index in [1.807, 2.05) is 6.92 Å². The van der Waals surface area contributed by atoms with E-state index in [2.05, 4.69) is 35.7 Å². The maximum atomic E-state index is 12.3. The van der Waals surface area contributed by atoms with Crippen molar-refractivity contribution in [1.82, 2.24) is 0 Å². The summed E-state index contributed by atoms with van der Waals surface area (Å²) in [4.78, 5) is 23.1. The van der Waals surface area contributed by atoms with Crippen LogP contribution in [0.3, 0.4) is 0 Å². The van der Waals surface area contributed by atoms with Gasteiger partial charge in [-0.15, -0.1) is 0 Å². The summed E-state index contributed by atoms with van der Waals surface area (Å²) in [5.74, 6) is -1.21. The van der Waals surface area contributed by atoms with Crippen molar-refractivity contribution < 1.29 is 14.7 Å². The fourth-order valence-corrected chi connectivity index (χ4v) is 3.36. The van der Waals surface area contributed by atoms with Crippen LogP contribution in [0.15, 0.2) is 66.3 Å². The monoisotopic (exact) mass is 361 g/mol. The Morgan fingerprint density at radius 3 is 2.44 bits per heavy atom. The Balaban J connectivity index is 1.74. The van der Waals surface area contributed by atoms with Gasteiger partial charge in [-0.2, -0.15) is 0 Å². The third-order valence-electron chi connectivity index (χ3n) is 4.67. The molecule has 0 atom stereocenters. The van der Waals surface area contributed by atoms with Gasteiger partial charge in [-0.05, 0) is 79.1 Å². The predicted octanol–water partition coefficient (Wildman–Crippen LogP) is 5.08. The highest BCUT2D eigenvalue weighted by Gasteiger charge is 2.12. The van der Waals surface area contributed by atoms with Crippen molar-refractivity contribution in [2.24, 2.45) is 0 Å². The maximum Gasteiger partial charge on any atom is 0.335 e. The van der Waals surface area contributed by atoms with Crippen LogP contribution in [-0.4, -0.2) is 17.0 Å². The number of hydrogen-bond donors (Lipinski definition) is 2. The third-order valence-corrected chi connectivity index (χ3v) is 4.67. The van der Waals surface area contributed by atoms with E-state index in [4.69, 9.17) is 5.11 Å². The number of nitrogens with one attached hydrogen (secondary N) is 1. The van der Waals surface area contributed by atoms with Crippen molar-refractivity contribution in [3.05, 3.63) is 82.9 Å². The van der Waals surface area contributed by atoms with Gasteiger partial charge in [-0.1, -0.05) is 30.3 Å². The average Bonchev–Trinajstić information content (AvgIpc) is 2.84. The molecule has 4 nitrogen and oxygen atoms in total. The van der Waals surface area contributed by atoms with Crippen molar-refractivity contribution in [2.75, 3.05) is 5.32 Å². The molecular weight excluding hydrogens is 338 g/mol. The number of aromatic carboxylic acids is 1. The molecule has 2 aromatic rings. The van der Waals surface area contributed by atoms with Crippen LogP contribution in [0.5, 0.6) is 0 Å². The van der Waals surface area contributed by atoms with Gasteiger partial charge in [0.2, 0.25) is 5.91 Å². The lowest BCUT2D eigenvalue weighted by atomic mass is 9.97. The van der Waals surface area contributed by atoms with Crippen LogP contribution in [0.4, 0.5) is 5.69 Å². The van der Waals surface area contributed by atoms with Crippen LogP contribution in [0.1, 0.15) is 47.7 Å². The topological polar surface area (TPSA) is 66.4 Å². The van der Waals surface area contributed by atoms with Gasteiger partial charge in [0.05, 0.1) is 5.56 Å². The van der Waals surface area contributed by atoms with Crippen LogP contribution in [0.25, 0.3) is 5.57 Å². The normalized spacial score (nSPS) is 15.7. The lowest BCUT2D eigenvalue weighted by Gasteiger charge is -2.09. The van der Waals surface area contributed by atoms with E-state index in [9.17, 15) is 9.59 Å². The van der Waals surface area contributed by atoms with Crippen LogP contribution in [0, 0.1) is 0 Å². The molecule has 0 aromatic heterocycles. The summed E-state index contributed by atoms with van der Waals surface area (Å²) >= 11 is 0. The molecule has 0 saturated heterocycles. The number of carbonyl (C=O) groups is 2. The van der Waals surface area contributed by atoms with Gasteiger partial charge in [0, 0.05) is 11.8 Å². The first-order chi connectivity index (χ1) is 13.0. The number of carboxylic acid groups (broad SMARTS) is 1. The number of allylic oxidation sites excluding steroid dienone is 3. The highest BCUT2D eigenvalue weighted by Crippen LogP contribution is 2.30. The zero-order valence-electron chi connectivity index (χ0n) is 15.4. The molecular formula is C23H23NO3. The van der Waals surface area contributed by atoms with E-state index in [0.717, 1.165) is 24.8 Å². The molecule has 1 aliphatic carbocycles. The molecule has 3 rings (SSSR count). The number of benzene rings is 2. The van der Waals surface area contributed by atoms with Crippen LogP contribution in [-0.2, 0) is 11.2 Å². The summed E-state index contributed by atoms with van der Waals surface area (Å²) in [5, 5.41) is 11.7. The fraction of sp³-hybridized carbons (Fsp3) is 0.217. The molecule has 2 N–H and O–H groups in total. The first kappa shape index (κ1) is 18.6. The maximum absolute atomic E-state index is 12.3. The summed E-state index contributed by atoms with van der Waals surface area (Å²) in [6.07, 6.45) is 8.12. The number of hydrogen-bond acceptors (Lipinski definition) is 2. The Bertz CT molecular complexity index is 907. The molecule has 27 heavy (non-hydrogen) atoms. The van der Waals surface area contributed by atoms with E-state index in [1.54, 1.807) is 18.2 Å². The minimum absolute atomic E-state index is 0.191. The SMILES string of the molecule is CC(=C\C(=O)Nc1ccc(C(=O)O)cc1)/C=C1\CCCCc2ccccc21. The van der Waals surface area contributed by atoms with Crippen molar-refractivity contribution in [1.29, 1.82) is 0 Å². The summed E-state index contributed by atoms with van der Waals surface area (Å²) in [6, 6.07) is 14.6. The summed E-state index contributed by atoms with van der Waals surface area (Å²) in [5.41, 5.74) is 5.58. The Morgan fingerprint density at radius 1 is 1.00 bits per heavy atom. The largest absolute Gasteiger partial charge is 0.478 e. The molecule has 1 amide bonds. The Morgan fingerprint density at radius 2 is 1.70 bits per heavy atom. The number of rotatable bonds is 4. The predicted molar refractivity (Wildman–Crippen MR) is 108 cm³/mol. The molecule has 1 aliphatic rings. The van der Waals surface area contributed by atoms with E-state index < -0.39 is 5.97 Å². The minimum Gasteiger partial charge on any atom is -0.478 e. The Kier molecular flexibility index (Phi) is 5.87. The molecule has 0 unspecified atom stereocenters. The second-order valence-corrected chi connectivity index (χ2v) is 6.79. The first-order valence-corrected chi connectivity index (χ1v) is 9.14. The average molecular weight is 361 g/mol. The first-order valence-electron chi connectivity index (χ1n) is 9.14. The number of aryl methyl sites for hydroxylation is 1. The Labute approximate surface area is 159 Å². The molecule has 0 fully saturated rings. The molecule has 138 valence electrons. The minimum atomic E-state index is -0.987. The molecule has 0 saturated carbocycles. The standard InChI is InChI=1S/C23H23NO3/c1-16(14-19-8-3-2-6-17-7-4-5-9-21(17)19)15-22(25)24-20-12-10-18(11-13-20)23(26)27/h4-5,7,9-15H,2-3,6,8H2,1H3,(H,24,25)(H,26,27)/b16-15+,19-14+. The highest BCUT2D eigenvalue weighted by atomic mass is 16.4. The van der Waals surface area contributed by atoms with Crippen LogP contribution in [0.2, 0.25) is 0 Å². The van der Waals surface area contributed by atoms with Crippen molar-refractivity contribution >= 4 is 23.1 Å². The second-order valence-electron chi connectivity index (χ2n) is 6.79. The quantitative estimate of drug-likeness (QED) is 0.589. The zero-order valence-corrected chi connectivity index (χ0v) is 15.4. The van der Waals surface area contributed by atoms with Crippen molar-refractivity contribution in [3.8, 4) is 0 Å². The second kappa shape index (κ2) is 8.49. The number of anilines is 1. The zero-order chi connectivity index (χ0) is 19.2. The lowest BCUT2D eigenvalue weighted by Crippen LogP contribution is -2.08. The van der Waals surface area contributed by atoms with Gasteiger partial charge < -0.3 is 10.4 Å². The van der Waals surface area contributed by atoms with Crippen LogP contribution >= 0.6 is 0 Å². The molecule has 0 radical (unpaired) electrons. The fourth-order valence-electron chi connectivity index (χ4n) is 3.36. The molecule has 0 spiro atoms. The molecule has 0 aliphatic heterocycles. The van der Waals surface area contributed by atoms with Gasteiger partial charge in [0.15, 0.2) is 0 Å². The van der Waals surface area contributed by atoms with E-state index >= 15 is 0 Å². The molecule has 0 heterocycles. The summed E-state index contributed by atoms with van der Waals surface area (Å²) in [6.45, 7) is 1.92. The molecule has 0 bridgehead atoms. The van der Waals surface area contributed by atoms with Gasteiger partial charge in [0.1, 0.15) is 0 Å². The number of amides is 1. The third kappa shape index (κ3) is 4.94. The smallest absolute Gasteiger partial charge is 0.335 e. The lowest BCUT2D eigenvalue weighted by molar-refractivity contribution is -0.111. The number of carboxylic acids is 1. The number of fused-ring (bicyclic) bond motifs is 1.